The monoisotopic (exact) mass is 213 g/mol. The van der Waals surface area contributed by atoms with Gasteiger partial charge in [0.2, 0.25) is 0 Å². The van der Waals surface area contributed by atoms with Crippen LogP contribution in [0.25, 0.3) is 0 Å². The van der Waals surface area contributed by atoms with Crippen LogP contribution in [0.1, 0.15) is 18.1 Å². The molecule has 3 nitrogen and oxygen atoms in total. The Labute approximate surface area is 96.5 Å². The normalized spacial score (nSPS) is 11.3. The highest BCUT2D eigenvalue weighted by Crippen LogP contribution is 2.24. The molecule has 82 valence electrons. The predicted octanol–water partition coefficient (Wildman–Crippen LogP) is 2.46. The molecule has 1 aromatic rings. The molecule has 0 spiro atoms. The fraction of sp³-hybridized carbons (Fsp3) is 0.385. The molecule has 1 unspecified atom stereocenters. The number of rotatable bonds is 3. The van der Waals surface area contributed by atoms with Gasteiger partial charge in [-0.15, -0.1) is 0 Å². The van der Waals surface area contributed by atoms with Gasteiger partial charge in [0.25, 0.3) is 0 Å². The lowest BCUT2D eigenvalue weighted by molar-refractivity contribution is 0.714. The zero-order valence-corrected chi connectivity index (χ0v) is 9.86. The van der Waals surface area contributed by atoms with E-state index >= 15 is 0 Å². The second kappa shape index (κ2) is 5.19. The smallest absolute Gasteiger partial charge is 0.101 e. The molecule has 0 fully saturated rings. The van der Waals surface area contributed by atoms with Crippen LogP contribution in [0.15, 0.2) is 18.2 Å². The Morgan fingerprint density at radius 2 is 2.06 bits per heavy atom. The zero-order chi connectivity index (χ0) is 12.1. The van der Waals surface area contributed by atoms with Crippen molar-refractivity contribution in [3.8, 4) is 12.1 Å². The minimum atomic E-state index is -0.0452. The summed E-state index contributed by atoms with van der Waals surface area (Å²) in [6.07, 6.45) is 0. The Balaban J connectivity index is 3.04. The Hall–Kier alpha value is -2.00. The quantitative estimate of drug-likeness (QED) is 0.775. The van der Waals surface area contributed by atoms with Crippen molar-refractivity contribution in [2.45, 2.75) is 13.8 Å². The summed E-state index contributed by atoms with van der Waals surface area (Å²) >= 11 is 0. The number of aryl methyl sites for hydroxylation is 1. The van der Waals surface area contributed by atoms with Crippen LogP contribution in [0.2, 0.25) is 0 Å². The van der Waals surface area contributed by atoms with Gasteiger partial charge in [-0.05, 0) is 25.5 Å². The van der Waals surface area contributed by atoms with Crippen molar-refractivity contribution in [1.82, 2.24) is 0 Å². The van der Waals surface area contributed by atoms with E-state index < -0.39 is 0 Å². The summed E-state index contributed by atoms with van der Waals surface area (Å²) in [7, 11) is 1.91. The first-order valence-corrected chi connectivity index (χ1v) is 5.20. The summed E-state index contributed by atoms with van der Waals surface area (Å²) in [6, 6.07) is 10.0. The van der Waals surface area contributed by atoms with Crippen LogP contribution in [0.5, 0.6) is 0 Å². The summed E-state index contributed by atoms with van der Waals surface area (Å²) in [4.78, 5) is 1.97. The second-order valence-corrected chi connectivity index (χ2v) is 3.99. The van der Waals surface area contributed by atoms with Gasteiger partial charge in [0.1, 0.15) is 6.07 Å². The van der Waals surface area contributed by atoms with Crippen molar-refractivity contribution in [1.29, 1.82) is 10.5 Å². The lowest BCUT2D eigenvalue weighted by Gasteiger charge is -2.23. The van der Waals surface area contributed by atoms with E-state index in [2.05, 4.69) is 12.1 Å². The van der Waals surface area contributed by atoms with Crippen LogP contribution in [0.4, 0.5) is 5.69 Å². The van der Waals surface area contributed by atoms with Gasteiger partial charge in [-0.25, -0.2) is 0 Å². The molecule has 0 aliphatic heterocycles. The maximum Gasteiger partial charge on any atom is 0.101 e. The van der Waals surface area contributed by atoms with Gasteiger partial charge in [-0.1, -0.05) is 12.1 Å². The van der Waals surface area contributed by atoms with Crippen molar-refractivity contribution >= 4 is 5.69 Å². The summed E-state index contributed by atoms with van der Waals surface area (Å²) in [5.41, 5.74) is 2.64. The van der Waals surface area contributed by atoms with Gasteiger partial charge < -0.3 is 4.90 Å². The van der Waals surface area contributed by atoms with E-state index in [9.17, 15) is 0 Å². The van der Waals surface area contributed by atoms with Crippen LogP contribution >= 0.6 is 0 Å². The number of anilines is 1. The Kier molecular flexibility index (Phi) is 3.91. The molecule has 0 aliphatic carbocycles. The molecule has 1 atom stereocenters. The van der Waals surface area contributed by atoms with Crippen LogP contribution < -0.4 is 4.90 Å². The average Bonchev–Trinajstić information content (AvgIpc) is 2.28. The summed E-state index contributed by atoms with van der Waals surface area (Å²) < 4.78 is 0. The SMILES string of the molecule is Cc1cccc(C#N)c1N(C)CC(C)C#N. The molecule has 0 aliphatic rings. The standard InChI is InChI=1S/C13H15N3/c1-10(7-14)9-16(3)13-11(2)5-4-6-12(13)8-15/h4-6,10H,9H2,1-3H3. The molecule has 0 saturated carbocycles. The number of nitriles is 2. The minimum Gasteiger partial charge on any atom is -0.372 e. The maximum atomic E-state index is 9.04. The first kappa shape index (κ1) is 12.1. The predicted molar refractivity (Wildman–Crippen MR) is 63.9 cm³/mol. The first-order valence-electron chi connectivity index (χ1n) is 5.20. The molecule has 1 aromatic carbocycles. The summed E-state index contributed by atoms with van der Waals surface area (Å²) in [5, 5.41) is 17.8. The molecule has 0 N–H and O–H groups in total. The molecule has 0 aromatic heterocycles. The second-order valence-electron chi connectivity index (χ2n) is 3.99. The number of nitrogens with zero attached hydrogens (tertiary/aromatic N) is 3. The molecule has 0 bridgehead atoms. The third-order valence-corrected chi connectivity index (χ3v) is 2.51. The van der Waals surface area contributed by atoms with E-state index in [0.717, 1.165) is 11.3 Å². The molecule has 16 heavy (non-hydrogen) atoms. The van der Waals surface area contributed by atoms with Crippen molar-refractivity contribution in [3.05, 3.63) is 29.3 Å². The molecule has 0 saturated heterocycles. The largest absolute Gasteiger partial charge is 0.372 e. The minimum absolute atomic E-state index is 0.0452. The fourth-order valence-corrected chi connectivity index (χ4v) is 1.80. The van der Waals surface area contributed by atoms with Crippen LogP contribution in [-0.2, 0) is 0 Å². The van der Waals surface area contributed by atoms with E-state index in [0.29, 0.717) is 12.1 Å². The number of para-hydroxylation sites is 1. The highest BCUT2D eigenvalue weighted by Gasteiger charge is 2.12. The molecule has 0 radical (unpaired) electrons. The lowest BCUT2D eigenvalue weighted by Crippen LogP contribution is -2.24. The molecular formula is C13H15N3. The number of hydrogen-bond donors (Lipinski definition) is 0. The highest BCUT2D eigenvalue weighted by molar-refractivity contribution is 5.63. The average molecular weight is 213 g/mol. The van der Waals surface area contributed by atoms with Crippen molar-refractivity contribution in [2.24, 2.45) is 5.92 Å². The van der Waals surface area contributed by atoms with Gasteiger partial charge >= 0.3 is 0 Å². The van der Waals surface area contributed by atoms with Gasteiger partial charge in [-0.2, -0.15) is 10.5 Å². The van der Waals surface area contributed by atoms with Gasteiger partial charge in [-0.3, -0.25) is 0 Å². The number of hydrogen-bond acceptors (Lipinski definition) is 3. The van der Waals surface area contributed by atoms with E-state index in [1.165, 1.54) is 0 Å². The van der Waals surface area contributed by atoms with Crippen molar-refractivity contribution in [3.63, 3.8) is 0 Å². The van der Waals surface area contributed by atoms with Gasteiger partial charge in [0, 0.05) is 13.6 Å². The molecule has 0 amide bonds. The van der Waals surface area contributed by atoms with Crippen LogP contribution in [-0.4, -0.2) is 13.6 Å². The summed E-state index contributed by atoms with van der Waals surface area (Å²) in [5.74, 6) is -0.0452. The lowest BCUT2D eigenvalue weighted by atomic mass is 10.1. The van der Waals surface area contributed by atoms with Crippen LogP contribution in [0, 0.1) is 35.5 Å². The molecule has 0 heterocycles. The third kappa shape index (κ3) is 2.52. The zero-order valence-electron chi connectivity index (χ0n) is 9.86. The fourth-order valence-electron chi connectivity index (χ4n) is 1.80. The molecular weight excluding hydrogens is 198 g/mol. The van der Waals surface area contributed by atoms with E-state index in [-0.39, 0.29) is 5.92 Å². The Morgan fingerprint density at radius 1 is 1.38 bits per heavy atom. The Morgan fingerprint density at radius 3 is 2.62 bits per heavy atom. The number of benzene rings is 1. The van der Waals surface area contributed by atoms with Crippen molar-refractivity contribution < 1.29 is 0 Å². The summed E-state index contributed by atoms with van der Waals surface area (Å²) in [6.45, 7) is 4.49. The van der Waals surface area contributed by atoms with Gasteiger partial charge in [0.05, 0.1) is 23.2 Å². The van der Waals surface area contributed by atoms with E-state index in [1.807, 2.05) is 37.9 Å². The van der Waals surface area contributed by atoms with Gasteiger partial charge in [0.15, 0.2) is 0 Å². The van der Waals surface area contributed by atoms with E-state index in [4.69, 9.17) is 10.5 Å². The third-order valence-electron chi connectivity index (χ3n) is 2.51. The Bertz CT molecular complexity index is 451. The van der Waals surface area contributed by atoms with Crippen LogP contribution in [0.3, 0.4) is 0 Å². The molecule has 1 rings (SSSR count). The highest BCUT2D eigenvalue weighted by atomic mass is 15.1. The van der Waals surface area contributed by atoms with Crippen molar-refractivity contribution in [2.75, 3.05) is 18.5 Å². The first-order chi connectivity index (χ1) is 7.60. The maximum absolute atomic E-state index is 9.04. The van der Waals surface area contributed by atoms with E-state index in [1.54, 1.807) is 6.07 Å². The molecule has 3 heteroatoms. The topological polar surface area (TPSA) is 50.8 Å².